The molecule has 1 N–H and O–H groups in total. The van der Waals surface area contributed by atoms with E-state index in [0.717, 1.165) is 51.9 Å². The van der Waals surface area contributed by atoms with E-state index in [1.807, 2.05) is 11.9 Å². The maximum atomic E-state index is 12.3. The molecular formula is C16H31N3O2. The highest BCUT2D eigenvalue weighted by atomic mass is 16.5. The summed E-state index contributed by atoms with van der Waals surface area (Å²) in [6.07, 6.45) is 7.24. The van der Waals surface area contributed by atoms with Gasteiger partial charge in [0, 0.05) is 26.2 Å². The van der Waals surface area contributed by atoms with Crippen molar-refractivity contribution < 1.29 is 9.53 Å². The second-order valence-corrected chi connectivity index (χ2v) is 6.49. The van der Waals surface area contributed by atoms with Crippen LogP contribution in [0.2, 0.25) is 0 Å². The minimum absolute atomic E-state index is 0.239. The number of amides is 1. The summed E-state index contributed by atoms with van der Waals surface area (Å²) in [5.74, 6) is 0.239. The molecule has 2 fully saturated rings. The summed E-state index contributed by atoms with van der Waals surface area (Å²) in [7, 11) is 4.00. The Hall–Kier alpha value is -0.650. The molecule has 0 aromatic rings. The van der Waals surface area contributed by atoms with Gasteiger partial charge < -0.3 is 15.0 Å². The third-order valence-electron chi connectivity index (χ3n) is 4.79. The molecule has 0 bridgehead atoms. The van der Waals surface area contributed by atoms with Crippen molar-refractivity contribution in [1.29, 1.82) is 0 Å². The molecule has 0 saturated carbocycles. The fraction of sp³-hybridized carbons (Fsp3) is 0.938. The SMILES string of the molecule is CN(CCCC1CCCO1)C(=O)CN(C)C1CCNCC1. The van der Waals surface area contributed by atoms with Gasteiger partial charge in [-0.1, -0.05) is 0 Å². The Morgan fingerprint density at radius 1 is 1.24 bits per heavy atom. The molecule has 2 aliphatic rings. The van der Waals surface area contributed by atoms with Crippen LogP contribution in [-0.2, 0) is 9.53 Å². The zero-order valence-electron chi connectivity index (χ0n) is 13.6. The van der Waals surface area contributed by atoms with Crippen LogP contribution in [0.1, 0.15) is 38.5 Å². The van der Waals surface area contributed by atoms with Crippen LogP contribution in [0.4, 0.5) is 0 Å². The van der Waals surface area contributed by atoms with Crippen LogP contribution >= 0.6 is 0 Å². The lowest BCUT2D eigenvalue weighted by molar-refractivity contribution is -0.131. The molecule has 1 amide bonds. The molecular weight excluding hydrogens is 266 g/mol. The van der Waals surface area contributed by atoms with Gasteiger partial charge in [-0.3, -0.25) is 9.69 Å². The fourth-order valence-corrected chi connectivity index (χ4v) is 3.26. The van der Waals surface area contributed by atoms with Crippen molar-refractivity contribution in [3.8, 4) is 0 Å². The van der Waals surface area contributed by atoms with Crippen LogP contribution in [-0.4, -0.2) is 74.7 Å². The molecule has 1 unspecified atom stereocenters. The first-order valence-corrected chi connectivity index (χ1v) is 8.43. The molecule has 0 aliphatic carbocycles. The number of rotatable bonds is 7. The first-order valence-electron chi connectivity index (χ1n) is 8.43. The van der Waals surface area contributed by atoms with Gasteiger partial charge in [-0.15, -0.1) is 0 Å². The second kappa shape index (κ2) is 8.71. The van der Waals surface area contributed by atoms with Gasteiger partial charge >= 0.3 is 0 Å². The van der Waals surface area contributed by atoms with Gasteiger partial charge in [0.15, 0.2) is 0 Å². The van der Waals surface area contributed by atoms with Crippen molar-refractivity contribution in [3.63, 3.8) is 0 Å². The number of nitrogens with zero attached hydrogens (tertiary/aromatic N) is 2. The van der Waals surface area contributed by atoms with Crippen LogP contribution in [0.25, 0.3) is 0 Å². The van der Waals surface area contributed by atoms with Crippen LogP contribution < -0.4 is 5.32 Å². The second-order valence-electron chi connectivity index (χ2n) is 6.49. The molecule has 0 aromatic carbocycles. The first kappa shape index (κ1) is 16.7. The normalized spacial score (nSPS) is 23.7. The Labute approximate surface area is 129 Å². The lowest BCUT2D eigenvalue weighted by atomic mass is 10.1. The monoisotopic (exact) mass is 297 g/mol. The number of piperidine rings is 1. The van der Waals surface area contributed by atoms with Gasteiger partial charge in [-0.25, -0.2) is 0 Å². The van der Waals surface area contributed by atoms with Gasteiger partial charge in [0.05, 0.1) is 12.6 Å². The van der Waals surface area contributed by atoms with Gasteiger partial charge in [0.25, 0.3) is 0 Å². The number of likely N-dealkylation sites (N-methyl/N-ethyl adjacent to an activating group) is 2. The number of carbonyl (C=O) groups excluding carboxylic acids is 1. The van der Waals surface area contributed by atoms with Crippen molar-refractivity contribution in [2.24, 2.45) is 0 Å². The molecule has 2 saturated heterocycles. The van der Waals surface area contributed by atoms with E-state index in [0.29, 0.717) is 18.7 Å². The Morgan fingerprint density at radius 2 is 2.00 bits per heavy atom. The third-order valence-corrected chi connectivity index (χ3v) is 4.79. The minimum atomic E-state index is 0.239. The van der Waals surface area contributed by atoms with E-state index in [1.54, 1.807) is 0 Å². The summed E-state index contributed by atoms with van der Waals surface area (Å²) in [5.41, 5.74) is 0. The predicted octanol–water partition coefficient (Wildman–Crippen LogP) is 1.09. The Balaban J connectivity index is 1.61. The quantitative estimate of drug-likeness (QED) is 0.764. The maximum Gasteiger partial charge on any atom is 0.236 e. The number of nitrogens with one attached hydrogen (secondary N) is 1. The maximum absolute atomic E-state index is 12.3. The molecule has 0 radical (unpaired) electrons. The lowest BCUT2D eigenvalue weighted by Gasteiger charge is -2.32. The predicted molar refractivity (Wildman–Crippen MR) is 84.4 cm³/mol. The van der Waals surface area contributed by atoms with Crippen LogP contribution in [0.5, 0.6) is 0 Å². The van der Waals surface area contributed by atoms with Crippen molar-refractivity contribution in [2.75, 3.05) is 46.9 Å². The summed E-state index contributed by atoms with van der Waals surface area (Å²) in [6, 6.07) is 0.551. The molecule has 2 heterocycles. The number of ether oxygens (including phenoxy) is 1. The Kier molecular flexibility index (Phi) is 6.93. The highest BCUT2D eigenvalue weighted by Gasteiger charge is 2.21. The largest absolute Gasteiger partial charge is 0.378 e. The third kappa shape index (κ3) is 5.57. The number of hydrogen-bond acceptors (Lipinski definition) is 4. The topological polar surface area (TPSA) is 44.8 Å². The van der Waals surface area contributed by atoms with Gasteiger partial charge in [-0.2, -0.15) is 0 Å². The number of hydrogen-bond donors (Lipinski definition) is 1. The molecule has 21 heavy (non-hydrogen) atoms. The lowest BCUT2D eigenvalue weighted by Crippen LogP contribution is -2.45. The summed E-state index contributed by atoms with van der Waals surface area (Å²) >= 11 is 0. The van der Waals surface area contributed by atoms with E-state index >= 15 is 0 Å². The Bertz CT molecular complexity index is 313. The average molecular weight is 297 g/mol. The summed E-state index contributed by atoms with van der Waals surface area (Å²) in [6.45, 7) is 4.45. The molecule has 1 atom stereocenters. The van der Waals surface area contributed by atoms with Crippen molar-refractivity contribution in [3.05, 3.63) is 0 Å². The van der Waals surface area contributed by atoms with E-state index < -0.39 is 0 Å². The highest BCUT2D eigenvalue weighted by molar-refractivity contribution is 5.77. The minimum Gasteiger partial charge on any atom is -0.378 e. The molecule has 2 rings (SSSR count). The van der Waals surface area contributed by atoms with Crippen LogP contribution in [0.3, 0.4) is 0 Å². The Morgan fingerprint density at radius 3 is 2.67 bits per heavy atom. The summed E-state index contributed by atoms with van der Waals surface area (Å²) in [5, 5.41) is 3.37. The van der Waals surface area contributed by atoms with Crippen molar-refractivity contribution in [2.45, 2.75) is 50.7 Å². The van der Waals surface area contributed by atoms with Gasteiger partial charge in [0.1, 0.15) is 0 Å². The molecule has 5 heteroatoms. The van der Waals surface area contributed by atoms with Gasteiger partial charge in [0.2, 0.25) is 5.91 Å². The molecule has 122 valence electrons. The summed E-state index contributed by atoms with van der Waals surface area (Å²) in [4.78, 5) is 16.4. The van der Waals surface area contributed by atoms with Crippen molar-refractivity contribution in [1.82, 2.24) is 15.1 Å². The highest BCUT2D eigenvalue weighted by Crippen LogP contribution is 2.17. The molecule has 5 nitrogen and oxygen atoms in total. The van der Waals surface area contributed by atoms with Crippen LogP contribution in [0.15, 0.2) is 0 Å². The molecule has 2 aliphatic heterocycles. The van der Waals surface area contributed by atoms with Crippen molar-refractivity contribution >= 4 is 5.91 Å². The van der Waals surface area contributed by atoms with E-state index in [2.05, 4.69) is 17.3 Å². The smallest absolute Gasteiger partial charge is 0.236 e. The van der Waals surface area contributed by atoms with E-state index in [-0.39, 0.29) is 5.91 Å². The zero-order valence-corrected chi connectivity index (χ0v) is 13.6. The number of carbonyl (C=O) groups is 1. The van der Waals surface area contributed by atoms with Crippen LogP contribution in [0, 0.1) is 0 Å². The van der Waals surface area contributed by atoms with E-state index in [1.165, 1.54) is 12.8 Å². The molecule has 0 spiro atoms. The first-order chi connectivity index (χ1) is 10.2. The van der Waals surface area contributed by atoms with E-state index in [4.69, 9.17) is 4.74 Å². The average Bonchev–Trinajstić information content (AvgIpc) is 3.01. The van der Waals surface area contributed by atoms with Gasteiger partial charge in [-0.05, 0) is 58.7 Å². The standard InChI is InChI=1S/C16H31N3O2/c1-18(11-3-5-15-6-4-12-21-15)16(20)13-19(2)14-7-9-17-10-8-14/h14-15,17H,3-13H2,1-2H3. The molecule has 0 aromatic heterocycles. The fourth-order valence-electron chi connectivity index (χ4n) is 3.26. The summed E-state index contributed by atoms with van der Waals surface area (Å²) < 4.78 is 5.62. The van der Waals surface area contributed by atoms with E-state index in [9.17, 15) is 4.79 Å². The zero-order chi connectivity index (χ0) is 15.1.